The molecule has 4 nitrogen and oxygen atoms in total. The Morgan fingerprint density at radius 2 is 1.86 bits per heavy atom. The van der Waals surface area contributed by atoms with E-state index in [0.717, 1.165) is 5.56 Å². The first-order valence-electron chi connectivity index (χ1n) is 6.77. The third-order valence-electron chi connectivity index (χ3n) is 3.20. The zero-order valence-corrected chi connectivity index (χ0v) is 12.5. The van der Waals surface area contributed by atoms with Gasteiger partial charge in [-0.25, -0.2) is 0 Å². The molecular formula is C18H16N2O2. The fraction of sp³-hybridized carbons (Fsp3) is 0.111. The second-order valence-electron chi connectivity index (χ2n) is 4.68. The third kappa shape index (κ3) is 3.53. The second-order valence-corrected chi connectivity index (χ2v) is 4.68. The van der Waals surface area contributed by atoms with Gasteiger partial charge in [-0.15, -0.1) is 0 Å². The Hall–Kier alpha value is -3.06. The molecule has 1 N–H and O–H groups in total. The van der Waals surface area contributed by atoms with Crippen LogP contribution < -0.4 is 10.1 Å². The molecule has 0 aliphatic rings. The normalized spacial score (nSPS) is 10.7. The summed E-state index contributed by atoms with van der Waals surface area (Å²) >= 11 is 0. The number of hydrogen-bond donors (Lipinski definition) is 1. The van der Waals surface area contributed by atoms with Crippen molar-refractivity contribution in [3.63, 3.8) is 0 Å². The van der Waals surface area contributed by atoms with Crippen molar-refractivity contribution >= 4 is 17.7 Å². The van der Waals surface area contributed by atoms with Crippen molar-refractivity contribution in [3.8, 4) is 11.8 Å². The molecule has 0 fully saturated rings. The molecule has 0 radical (unpaired) electrons. The average Bonchev–Trinajstić information content (AvgIpc) is 2.55. The van der Waals surface area contributed by atoms with Gasteiger partial charge >= 0.3 is 0 Å². The van der Waals surface area contributed by atoms with Gasteiger partial charge in [0.15, 0.2) is 0 Å². The summed E-state index contributed by atoms with van der Waals surface area (Å²) in [6.07, 6.45) is 1.52. The molecule has 0 heterocycles. The van der Waals surface area contributed by atoms with Crippen molar-refractivity contribution in [2.24, 2.45) is 0 Å². The molecule has 0 aliphatic carbocycles. The lowest BCUT2D eigenvalue weighted by molar-refractivity contribution is -0.112. The van der Waals surface area contributed by atoms with E-state index in [9.17, 15) is 10.1 Å². The molecule has 4 heteroatoms. The Balaban J connectivity index is 2.28. The van der Waals surface area contributed by atoms with Gasteiger partial charge in [0.25, 0.3) is 5.91 Å². The Kier molecular flexibility index (Phi) is 4.94. The molecule has 0 saturated carbocycles. The highest BCUT2D eigenvalue weighted by molar-refractivity contribution is 6.10. The molecule has 0 bridgehead atoms. The molecular weight excluding hydrogens is 276 g/mol. The molecule has 1 amide bonds. The van der Waals surface area contributed by atoms with E-state index in [1.165, 1.54) is 6.08 Å². The zero-order valence-electron chi connectivity index (χ0n) is 12.5. The number of rotatable bonds is 4. The maximum atomic E-state index is 12.3. The summed E-state index contributed by atoms with van der Waals surface area (Å²) in [5.41, 5.74) is 2.33. The van der Waals surface area contributed by atoms with Crippen LogP contribution in [-0.4, -0.2) is 13.0 Å². The van der Waals surface area contributed by atoms with Crippen LogP contribution in [0.4, 0.5) is 5.69 Å². The highest BCUT2D eigenvalue weighted by Gasteiger charge is 2.11. The average molecular weight is 292 g/mol. The fourth-order valence-corrected chi connectivity index (χ4v) is 1.99. The molecule has 0 aliphatic heterocycles. The van der Waals surface area contributed by atoms with Gasteiger partial charge in [-0.05, 0) is 30.7 Å². The maximum Gasteiger partial charge on any atom is 0.266 e. The number of aryl methyl sites for hydroxylation is 1. The first kappa shape index (κ1) is 15.3. The number of anilines is 1. The SMILES string of the molecule is COc1ccccc1/C=C(\C#N)C(=O)Nc1ccccc1C. The van der Waals surface area contributed by atoms with Crippen LogP contribution in [0.5, 0.6) is 5.75 Å². The predicted molar refractivity (Wildman–Crippen MR) is 86.4 cm³/mol. The summed E-state index contributed by atoms with van der Waals surface area (Å²) in [6, 6.07) is 16.6. The number of amides is 1. The minimum absolute atomic E-state index is 0.0211. The summed E-state index contributed by atoms with van der Waals surface area (Å²) in [6.45, 7) is 1.89. The number of methoxy groups -OCH3 is 1. The Morgan fingerprint density at radius 1 is 1.18 bits per heavy atom. The zero-order chi connectivity index (χ0) is 15.9. The van der Waals surface area contributed by atoms with Crippen molar-refractivity contribution in [3.05, 3.63) is 65.2 Å². The molecule has 0 spiro atoms. The standard InChI is InChI=1S/C18H16N2O2/c1-13-7-3-5-9-16(13)20-18(21)15(12-19)11-14-8-4-6-10-17(14)22-2/h3-11H,1-2H3,(H,20,21)/b15-11+. The van der Waals surface area contributed by atoms with Crippen molar-refractivity contribution in [2.45, 2.75) is 6.92 Å². The third-order valence-corrected chi connectivity index (χ3v) is 3.20. The molecule has 2 rings (SSSR count). The maximum absolute atomic E-state index is 12.3. The number of hydrogen-bond acceptors (Lipinski definition) is 3. The van der Waals surface area contributed by atoms with Crippen LogP contribution in [0, 0.1) is 18.3 Å². The van der Waals surface area contributed by atoms with Crippen LogP contribution in [0.2, 0.25) is 0 Å². The van der Waals surface area contributed by atoms with Crippen LogP contribution >= 0.6 is 0 Å². The van der Waals surface area contributed by atoms with E-state index >= 15 is 0 Å². The van der Waals surface area contributed by atoms with Gasteiger partial charge in [0.2, 0.25) is 0 Å². The fourth-order valence-electron chi connectivity index (χ4n) is 1.99. The summed E-state index contributed by atoms with van der Waals surface area (Å²) in [5.74, 6) is 0.168. The van der Waals surface area contributed by atoms with Crippen molar-refractivity contribution < 1.29 is 9.53 Å². The molecule has 22 heavy (non-hydrogen) atoms. The lowest BCUT2D eigenvalue weighted by Crippen LogP contribution is -2.14. The minimum Gasteiger partial charge on any atom is -0.496 e. The minimum atomic E-state index is -0.442. The van der Waals surface area contributed by atoms with Crippen molar-refractivity contribution in [1.29, 1.82) is 5.26 Å². The highest BCUT2D eigenvalue weighted by Crippen LogP contribution is 2.21. The number of carbonyl (C=O) groups is 1. The van der Waals surface area contributed by atoms with E-state index in [1.807, 2.05) is 43.3 Å². The van der Waals surface area contributed by atoms with Gasteiger partial charge in [-0.2, -0.15) is 5.26 Å². The number of para-hydroxylation sites is 2. The summed E-state index contributed by atoms with van der Waals surface area (Å²) in [5, 5.41) is 12.0. The van der Waals surface area contributed by atoms with Crippen LogP contribution in [0.25, 0.3) is 6.08 Å². The summed E-state index contributed by atoms with van der Waals surface area (Å²) < 4.78 is 5.22. The van der Waals surface area contributed by atoms with E-state index < -0.39 is 5.91 Å². The van der Waals surface area contributed by atoms with Gasteiger partial charge in [-0.1, -0.05) is 36.4 Å². The first-order chi connectivity index (χ1) is 10.7. The highest BCUT2D eigenvalue weighted by atomic mass is 16.5. The number of nitrogens with zero attached hydrogens (tertiary/aromatic N) is 1. The molecule has 0 unspecified atom stereocenters. The molecule has 2 aromatic rings. The molecule has 2 aromatic carbocycles. The quantitative estimate of drug-likeness (QED) is 0.692. The number of benzene rings is 2. The van der Waals surface area contributed by atoms with E-state index in [-0.39, 0.29) is 5.57 Å². The van der Waals surface area contributed by atoms with E-state index in [1.54, 1.807) is 25.3 Å². The Morgan fingerprint density at radius 3 is 2.55 bits per heavy atom. The molecule has 0 atom stereocenters. The van der Waals surface area contributed by atoms with Gasteiger partial charge in [0.1, 0.15) is 17.4 Å². The van der Waals surface area contributed by atoms with Gasteiger partial charge < -0.3 is 10.1 Å². The lowest BCUT2D eigenvalue weighted by Gasteiger charge is -2.08. The van der Waals surface area contributed by atoms with Crippen LogP contribution in [-0.2, 0) is 4.79 Å². The number of nitrogens with one attached hydrogen (secondary N) is 1. The van der Waals surface area contributed by atoms with Gasteiger partial charge in [0.05, 0.1) is 7.11 Å². The second kappa shape index (κ2) is 7.09. The molecule has 0 saturated heterocycles. The number of carbonyl (C=O) groups excluding carboxylic acids is 1. The summed E-state index contributed by atoms with van der Waals surface area (Å²) in [7, 11) is 1.55. The van der Waals surface area contributed by atoms with Gasteiger partial charge in [-0.3, -0.25) is 4.79 Å². The lowest BCUT2D eigenvalue weighted by atomic mass is 10.1. The molecule has 0 aromatic heterocycles. The monoisotopic (exact) mass is 292 g/mol. The largest absolute Gasteiger partial charge is 0.496 e. The summed E-state index contributed by atoms with van der Waals surface area (Å²) in [4.78, 5) is 12.3. The predicted octanol–water partition coefficient (Wildman–Crippen LogP) is 3.55. The first-order valence-corrected chi connectivity index (χ1v) is 6.77. The van der Waals surface area contributed by atoms with Crippen LogP contribution in [0.1, 0.15) is 11.1 Å². The number of ether oxygens (including phenoxy) is 1. The Labute approximate surface area is 129 Å². The van der Waals surface area contributed by atoms with Crippen LogP contribution in [0.3, 0.4) is 0 Å². The van der Waals surface area contributed by atoms with Crippen molar-refractivity contribution in [1.82, 2.24) is 0 Å². The van der Waals surface area contributed by atoms with E-state index in [4.69, 9.17) is 4.74 Å². The van der Waals surface area contributed by atoms with E-state index in [0.29, 0.717) is 17.0 Å². The Bertz CT molecular complexity index is 758. The number of nitriles is 1. The smallest absolute Gasteiger partial charge is 0.266 e. The van der Waals surface area contributed by atoms with E-state index in [2.05, 4.69) is 5.32 Å². The van der Waals surface area contributed by atoms with Crippen LogP contribution in [0.15, 0.2) is 54.1 Å². The van der Waals surface area contributed by atoms with Crippen molar-refractivity contribution in [2.75, 3.05) is 12.4 Å². The van der Waals surface area contributed by atoms with Gasteiger partial charge in [0, 0.05) is 11.3 Å². The topological polar surface area (TPSA) is 62.1 Å². The molecule has 110 valence electrons.